The third kappa shape index (κ3) is 4.37. The van der Waals surface area contributed by atoms with Crippen molar-refractivity contribution in [3.63, 3.8) is 0 Å². The molecule has 1 amide bonds. The molecule has 5 rings (SSSR count). The molecule has 5 nitrogen and oxygen atoms in total. The number of amides is 1. The average Bonchev–Trinajstić information content (AvgIpc) is 2.65. The number of carbonyl (C=O) groups is 2. The number of para-hydroxylation sites is 1. The van der Waals surface area contributed by atoms with Crippen LogP contribution in [0.2, 0.25) is 5.02 Å². The third-order valence-electron chi connectivity index (χ3n) is 5.52. The van der Waals surface area contributed by atoms with Crippen molar-refractivity contribution in [2.24, 2.45) is 5.41 Å². The van der Waals surface area contributed by atoms with Gasteiger partial charge in [-0.25, -0.2) is 4.39 Å². The van der Waals surface area contributed by atoms with Gasteiger partial charge in [0.25, 0.3) is 5.91 Å². The van der Waals surface area contributed by atoms with Gasteiger partial charge in [-0.2, -0.15) is 0 Å². The second-order valence-electron chi connectivity index (χ2n) is 8.04. The fraction of sp³-hybridized carbons (Fsp3) is 0.364. The van der Waals surface area contributed by atoms with Gasteiger partial charge in [0.1, 0.15) is 23.9 Å². The van der Waals surface area contributed by atoms with E-state index in [9.17, 15) is 14.0 Å². The van der Waals surface area contributed by atoms with Crippen LogP contribution in [0.15, 0.2) is 48.5 Å². The van der Waals surface area contributed by atoms with Crippen LogP contribution in [0, 0.1) is 11.2 Å². The van der Waals surface area contributed by atoms with Crippen LogP contribution >= 0.6 is 11.6 Å². The zero-order valence-electron chi connectivity index (χ0n) is 15.8. The Morgan fingerprint density at radius 2 is 1.69 bits per heavy atom. The largest absolute Gasteiger partial charge is 0.486 e. The molecule has 0 aromatic heterocycles. The van der Waals surface area contributed by atoms with Gasteiger partial charge in [0.15, 0.2) is 12.4 Å². The molecule has 152 valence electrons. The fourth-order valence-corrected chi connectivity index (χ4v) is 4.63. The number of rotatable bonds is 9. The summed E-state index contributed by atoms with van der Waals surface area (Å²) in [6.45, 7) is -0.129. The zero-order valence-corrected chi connectivity index (χ0v) is 16.5. The fourth-order valence-electron chi connectivity index (χ4n) is 4.52. The van der Waals surface area contributed by atoms with E-state index in [4.69, 9.17) is 21.1 Å². The Hall–Kier alpha value is -2.60. The average molecular weight is 418 g/mol. The van der Waals surface area contributed by atoms with Crippen LogP contribution in [-0.2, 0) is 9.59 Å². The van der Waals surface area contributed by atoms with E-state index in [0.29, 0.717) is 12.2 Å². The van der Waals surface area contributed by atoms with Crippen molar-refractivity contribution in [3.05, 3.63) is 59.4 Å². The molecule has 7 heteroatoms. The molecule has 0 spiro atoms. The topological polar surface area (TPSA) is 64.6 Å². The van der Waals surface area contributed by atoms with Crippen LogP contribution in [0.25, 0.3) is 0 Å². The number of benzene rings is 2. The summed E-state index contributed by atoms with van der Waals surface area (Å²) >= 11 is 5.63. The first-order chi connectivity index (χ1) is 13.9. The SMILES string of the molecule is O=C(COc1ccc(Cl)c(F)c1)CC12CC(NC(=O)COc3ccccc3)(C1)C2. The molecule has 0 atom stereocenters. The molecule has 2 aromatic rings. The van der Waals surface area contributed by atoms with Crippen LogP contribution < -0.4 is 14.8 Å². The Kier molecular flexibility index (Phi) is 5.21. The van der Waals surface area contributed by atoms with Gasteiger partial charge in [0.2, 0.25) is 0 Å². The predicted molar refractivity (Wildman–Crippen MR) is 106 cm³/mol. The highest BCUT2D eigenvalue weighted by molar-refractivity contribution is 6.30. The first-order valence-corrected chi connectivity index (χ1v) is 9.83. The summed E-state index contributed by atoms with van der Waals surface area (Å²) in [6, 6.07) is 13.3. The summed E-state index contributed by atoms with van der Waals surface area (Å²) < 4.78 is 24.2. The Morgan fingerprint density at radius 1 is 1.00 bits per heavy atom. The minimum absolute atomic E-state index is 0.0130. The molecular formula is C22H21ClFNO4. The number of carbonyl (C=O) groups excluding carboxylic acids is 2. The molecule has 3 fully saturated rings. The van der Waals surface area contributed by atoms with E-state index in [1.807, 2.05) is 18.2 Å². The standard InChI is InChI=1S/C22H21ClFNO4/c23-18-7-6-17(8-19(18)24)28-10-15(26)9-21-12-22(13-21,14-21)25-20(27)11-29-16-4-2-1-3-5-16/h1-8H,9-14H2,(H,25,27). The van der Waals surface area contributed by atoms with Crippen molar-refractivity contribution in [2.75, 3.05) is 13.2 Å². The lowest BCUT2D eigenvalue weighted by Gasteiger charge is -2.70. The van der Waals surface area contributed by atoms with Gasteiger partial charge in [-0.05, 0) is 48.9 Å². The lowest BCUT2D eigenvalue weighted by molar-refractivity contribution is -0.173. The van der Waals surface area contributed by atoms with Gasteiger partial charge in [0, 0.05) is 18.0 Å². The van der Waals surface area contributed by atoms with Gasteiger partial charge in [-0.1, -0.05) is 29.8 Å². The van der Waals surface area contributed by atoms with Crippen molar-refractivity contribution in [2.45, 2.75) is 31.2 Å². The zero-order chi connectivity index (χ0) is 20.5. The van der Waals surface area contributed by atoms with Crippen LogP contribution in [-0.4, -0.2) is 30.4 Å². The summed E-state index contributed by atoms with van der Waals surface area (Å²) in [6.07, 6.45) is 2.77. The number of nitrogens with one attached hydrogen (secondary N) is 1. The van der Waals surface area contributed by atoms with E-state index in [0.717, 1.165) is 19.3 Å². The number of halogens is 2. The molecular weight excluding hydrogens is 397 g/mol. The Bertz CT molecular complexity index is 914. The highest BCUT2D eigenvalue weighted by Gasteiger charge is 2.68. The highest BCUT2D eigenvalue weighted by atomic mass is 35.5. The van der Waals surface area contributed by atoms with Crippen LogP contribution in [0.3, 0.4) is 0 Å². The molecule has 0 heterocycles. The van der Waals surface area contributed by atoms with Crippen LogP contribution in [0.5, 0.6) is 11.5 Å². The second-order valence-corrected chi connectivity index (χ2v) is 8.45. The quantitative estimate of drug-likeness (QED) is 0.671. The van der Waals surface area contributed by atoms with E-state index in [1.54, 1.807) is 12.1 Å². The van der Waals surface area contributed by atoms with Crippen molar-refractivity contribution in [1.29, 1.82) is 0 Å². The maximum Gasteiger partial charge on any atom is 0.258 e. The lowest BCUT2D eigenvalue weighted by Crippen LogP contribution is -2.75. The van der Waals surface area contributed by atoms with Crippen molar-refractivity contribution < 1.29 is 23.5 Å². The summed E-state index contributed by atoms with van der Waals surface area (Å²) in [4.78, 5) is 24.4. The first kappa shape index (κ1) is 19.7. The van der Waals surface area contributed by atoms with E-state index in [-0.39, 0.29) is 46.6 Å². The number of Topliss-reactive ketones (excluding diaryl/α,β-unsaturated/α-hetero) is 1. The summed E-state index contributed by atoms with van der Waals surface area (Å²) in [7, 11) is 0. The van der Waals surface area contributed by atoms with Gasteiger partial charge in [0.05, 0.1) is 5.02 Å². The van der Waals surface area contributed by atoms with Crippen LogP contribution in [0.4, 0.5) is 4.39 Å². The monoisotopic (exact) mass is 417 g/mol. The first-order valence-electron chi connectivity index (χ1n) is 9.46. The Labute approximate surface area is 173 Å². The summed E-state index contributed by atoms with van der Waals surface area (Å²) in [5, 5.41) is 3.05. The number of ether oxygens (including phenoxy) is 2. The highest BCUT2D eigenvalue weighted by Crippen LogP contribution is 2.68. The van der Waals surface area contributed by atoms with Crippen LogP contribution in [0.1, 0.15) is 25.7 Å². The summed E-state index contributed by atoms with van der Waals surface area (Å²) in [5.74, 6) is 0.168. The molecule has 3 aliphatic carbocycles. The molecule has 3 aliphatic rings. The lowest BCUT2D eigenvalue weighted by atomic mass is 9.38. The van der Waals surface area contributed by atoms with Gasteiger partial charge >= 0.3 is 0 Å². The maximum absolute atomic E-state index is 13.4. The van der Waals surface area contributed by atoms with Crippen molar-refractivity contribution in [3.8, 4) is 11.5 Å². The van der Waals surface area contributed by atoms with E-state index in [2.05, 4.69) is 5.32 Å². The van der Waals surface area contributed by atoms with E-state index >= 15 is 0 Å². The summed E-state index contributed by atoms with van der Waals surface area (Å²) in [5.41, 5.74) is -0.239. The number of hydrogen-bond acceptors (Lipinski definition) is 4. The van der Waals surface area contributed by atoms with Gasteiger partial charge in [-0.3, -0.25) is 9.59 Å². The molecule has 0 saturated heterocycles. The van der Waals surface area contributed by atoms with Gasteiger partial charge in [-0.15, -0.1) is 0 Å². The normalized spacial score (nSPS) is 24.1. The van der Waals surface area contributed by atoms with E-state index in [1.165, 1.54) is 18.2 Å². The number of ketones is 1. The maximum atomic E-state index is 13.4. The molecule has 29 heavy (non-hydrogen) atoms. The smallest absolute Gasteiger partial charge is 0.258 e. The Morgan fingerprint density at radius 3 is 2.38 bits per heavy atom. The minimum Gasteiger partial charge on any atom is -0.486 e. The number of hydrogen-bond donors (Lipinski definition) is 1. The van der Waals surface area contributed by atoms with Gasteiger partial charge < -0.3 is 14.8 Å². The molecule has 2 bridgehead atoms. The minimum atomic E-state index is -0.579. The van der Waals surface area contributed by atoms with E-state index < -0.39 is 5.82 Å². The molecule has 2 aromatic carbocycles. The second kappa shape index (κ2) is 7.67. The van der Waals surface area contributed by atoms with Crippen molar-refractivity contribution >= 4 is 23.3 Å². The Balaban J connectivity index is 1.17. The van der Waals surface area contributed by atoms with Crippen molar-refractivity contribution in [1.82, 2.24) is 5.32 Å². The molecule has 0 unspecified atom stereocenters. The molecule has 0 radical (unpaired) electrons. The molecule has 1 N–H and O–H groups in total. The molecule has 0 aliphatic heterocycles. The predicted octanol–water partition coefficient (Wildman–Crippen LogP) is 3.94. The third-order valence-corrected chi connectivity index (χ3v) is 5.83. The molecule has 3 saturated carbocycles.